The van der Waals surface area contributed by atoms with Crippen LogP contribution in [0.5, 0.6) is 0 Å². The van der Waals surface area contributed by atoms with E-state index in [1.807, 2.05) is 37.3 Å². The van der Waals surface area contributed by atoms with Crippen LogP contribution in [-0.2, 0) is 10.1 Å². The SMILES string of the molecule is Cc1ccc(S(=O)(=O)[O-])cc1.N[n+]1ccc2ccccc2c1C(=O)c1ccc(Cl)cc1. The molecule has 0 amide bonds. The summed E-state index contributed by atoms with van der Waals surface area (Å²) in [5.41, 5.74) is 1.95. The molecule has 6 nitrogen and oxygen atoms in total. The lowest BCUT2D eigenvalue weighted by Gasteiger charge is -2.05. The van der Waals surface area contributed by atoms with Crippen molar-refractivity contribution < 1.29 is 22.4 Å². The Morgan fingerprint density at radius 2 is 1.55 bits per heavy atom. The molecule has 0 radical (unpaired) electrons. The van der Waals surface area contributed by atoms with Gasteiger partial charge in [0.25, 0.3) is 11.5 Å². The van der Waals surface area contributed by atoms with E-state index in [1.165, 1.54) is 16.8 Å². The molecule has 0 aliphatic carbocycles. The first kappa shape index (κ1) is 22.4. The maximum atomic E-state index is 12.6. The Kier molecular flexibility index (Phi) is 6.70. The van der Waals surface area contributed by atoms with Crippen molar-refractivity contribution in [2.75, 3.05) is 5.84 Å². The van der Waals surface area contributed by atoms with Gasteiger partial charge in [0, 0.05) is 16.7 Å². The Labute approximate surface area is 185 Å². The van der Waals surface area contributed by atoms with E-state index in [4.69, 9.17) is 17.4 Å². The number of pyridine rings is 1. The van der Waals surface area contributed by atoms with Crippen molar-refractivity contribution in [3.63, 3.8) is 0 Å². The lowest BCUT2D eigenvalue weighted by molar-refractivity contribution is -0.639. The van der Waals surface area contributed by atoms with Gasteiger partial charge in [-0.1, -0.05) is 52.2 Å². The fourth-order valence-electron chi connectivity index (χ4n) is 2.91. The van der Waals surface area contributed by atoms with Gasteiger partial charge >= 0.3 is 0 Å². The predicted molar refractivity (Wildman–Crippen MR) is 118 cm³/mol. The van der Waals surface area contributed by atoms with Crippen LogP contribution in [0.1, 0.15) is 21.6 Å². The molecule has 1 heterocycles. The van der Waals surface area contributed by atoms with Crippen molar-refractivity contribution >= 4 is 38.3 Å². The first-order chi connectivity index (χ1) is 14.7. The van der Waals surface area contributed by atoms with Crippen LogP contribution in [0.2, 0.25) is 5.02 Å². The molecule has 1 aromatic heterocycles. The molecule has 4 rings (SSSR count). The molecule has 0 saturated heterocycles. The van der Waals surface area contributed by atoms with Crippen molar-refractivity contribution in [1.29, 1.82) is 0 Å². The Morgan fingerprint density at radius 1 is 0.935 bits per heavy atom. The van der Waals surface area contributed by atoms with Crippen LogP contribution in [0.15, 0.2) is 90.0 Å². The van der Waals surface area contributed by atoms with Gasteiger partial charge in [0.15, 0.2) is 0 Å². The highest BCUT2D eigenvalue weighted by molar-refractivity contribution is 7.85. The van der Waals surface area contributed by atoms with Crippen LogP contribution in [0.3, 0.4) is 0 Å². The Bertz CT molecular complexity index is 1340. The first-order valence-electron chi connectivity index (χ1n) is 9.18. The molecule has 4 aromatic rings. The molecule has 8 heteroatoms. The van der Waals surface area contributed by atoms with Gasteiger partial charge in [-0.15, -0.1) is 0 Å². The summed E-state index contributed by atoms with van der Waals surface area (Å²) in [5, 5.41) is 2.41. The maximum Gasteiger partial charge on any atom is 0.290 e. The minimum absolute atomic E-state index is 0.124. The number of aromatic nitrogens is 1. The third-order valence-corrected chi connectivity index (χ3v) is 5.62. The molecule has 0 saturated carbocycles. The first-order valence-corrected chi connectivity index (χ1v) is 11.0. The summed E-state index contributed by atoms with van der Waals surface area (Å²) in [6.45, 7) is 1.82. The van der Waals surface area contributed by atoms with Gasteiger partial charge in [0.05, 0.1) is 10.3 Å². The smallest absolute Gasteiger partial charge is 0.290 e. The highest BCUT2D eigenvalue weighted by atomic mass is 35.5. The topological polar surface area (TPSA) is 104 Å². The second kappa shape index (κ2) is 9.26. The standard InChI is InChI=1S/C16H11ClN2O.C7H8O3S/c17-13-7-5-12(6-8-13)16(20)15-14-4-2-1-3-11(14)9-10-19(15)18;1-6-2-4-7(5-3-6)11(8,9)10/h1-10H,(H-,18,20);2-5H,1H3,(H,8,9,10). The summed E-state index contributed by atoms with van der Waals surface area (Å²) in [6, 6.07) is 22.1. The Morgan fingerprint density at radius 3 is 2.16 bits per heavy atom. The van der Waals surface area contributed by atoms with Gasteiger partial charge in [-0.2, -0.15) is 0 Å². The predicted octanol–water partition coefficient (Wildman–Crippen LogP) is 3.62. The van der Waals surface area contributed by atoms with E-state index in [0.717, 1.165) is 16.3 Å². The molecule has 0 bridgehead atoms. The van der Waals surface area contributed by atoms with Crippen molar-refractivity contribution in [3.05, 3.63) is 107 Å². The number of carbonyl (C=O) groups is 1. The highest BCUT2D eigenvalue weighted by Gasteiger charge is 2.23. The molecule has 3 aromatic carbocycles. The van der Waals surface area contributed by atoms with E-state index >= 15 is 0 Å². The molecule has 0 unspecified atom stereocenters. The third kappa shape index (κ3) is 5.46. The monoisotopic (exact) mass is 454 g/mol. The number of nitrogens with two attached hydrogens (primary N) is 1. The molecule has 0 aliphatic heterocycles. The van der Waals surface area contributed by atoms with Gasteiger partial charge in [-0.3, -0.25) is 4.79 Å². The number of carbonyl (C=O) groups excluding carboxylic acids is 1. The molecular weight excluding hydrogens is 436 g/mol. The van der Waals surface area contributed by atoms with E-state index in [1.54, 1.807) is 42.6 Å². The molecule has 0 aliphatic rings. The van der Waals surface area contributed by atoms with Gasteiger partial charge in [0.2, 0.25) is 6.20 Å². The normalized spacial score (nSPS) is 10.9. The highest BCUT2D eigenvalue weighted by Crippen LogP contribution is 2.19. The average molecular weight is 455 g/mol. The molecule has 158 valence electrons. The molecule has 31 heavy (non-hydrogen) atoms. The van der Waals surface area contributed by atoms with E-state index in [-0.39, 0.29) is 10.7 Å². The van der Waals surface area contributed by atoms with Crippen LogP contribution >= 0.6 is 11.6 Å². The van der Waals surface area contributed by atoms with Gasteiger partial charge in [-0.05, 0) is 54.8 Å². The zero-order chi connectivity index (χ0) is 22.6. The van der Waals surface area contributed by atoms with Gasteiger partial charge < -0.3 is 4.55 Å². The van der Waals surface area contributed by atoms with E-state index in [9.17, 15) is 17.8 Å². The van der Waals surface area contributed by atoms with Crippen LogP contribution in [0.4, 0.5) is 0 Å². The van der Waals surface area contributed by atoms with Crippen molar-refractivity contribution in [3.8, 4) is 0 Å². The second-order valence-electron chi connectivity index (χ2n) is 6.76. The van der Waals surface area contributed by atoms with Crippen LogP contribution < -0.4 is 10.5 Å². The quantitative estimate of drug-likeness (QED) is 0.220. The number of aryl methyl sites for hydroxylation is 1. The number of hydrogen-bond acceptors (Lipinski definition) is 5. The average Bonchev–Trinajstić information content (AvgIpc) is 2.74. The molecule has 0 fully saturated rings. The summed E-state index contributed by atoms with van der Waals surface area (Å²) in [7, 11) is -4.27. The number of nitrogen functional groups attached to an aromatic ring is 1. The number of rotatable bonds is 3. The Hall–Kier alpha value is -3.26. The zero-order valence-corrected chi connectivity index (χ0v) is 18.1. The third-order valence-electron chi connectivity index (χ3n) is 4.52. The maximum absolute atomic E-state index is 12.6. The van der Waals surface area contributed by atoms with Crippen LogP contribution in [-0.4, -0.2) is 18.8 Å². The van der Waals surface area contributed by atoms with E-state index in [2.05, 4.69) is 0 Å². The fraction of sp³-hybridized carbons (Fsp3) is 0.0435. The fourth-order valence-corrected chi connectivity index (χ4v) is 3.51. The number of ketones is 1. The van der Waals surface area contributed by atoms with Crippen molar-refractivity contribution in [2.24, 2.45) is 0 Å². The number of nitrogens with zero attached hydrogens (tertiary/aromatic N) is 1. The van der Waals surface area contributed by atoms with Gasteiger partial charge in [-0.25, -0.2) is 14.3 Å². The lowest BCUT2D eigenvalue weighted by Crippen LogP contribution is -2.49. The summed E-state index contributed by atoms with van der Waals surface area (Å²) < 4.78 is 32.5. The minimum atomic E-state index is -4.27. The number of halogens is 1. The van der Waals surface area contributed by atoms with Gasteiger partial charge in [0.1, 0.15) is 10.1 Å². The zero-order valence-electron chi connectivity index (χ0n) is 16.5. The van der Waals surface area contributed by atoms with E-state index in [0.29, 0.717) is 16.3 Å². The van der Waals surface area contributed by atoms with Crippen LogP contribution in [0.25, 0.3) is 10.8 Å². The van der Waals surface area contributed by atoms with Crippen LogP contribution in [0, 0.1) is 6.92 Å². The largest absolute Gasteiger partial charge is 0.744 e. The summed E-state index contributed by atoms with van der Waals surface area (Å²) >= 11 is 5.85. The van der Waals surface area contributed by atoms with E-state index < -0.39 is 10.1 Å². The number of benzene rings is 3. The molecule has 0 atom stereocenters. The number of fused-ring (bicyclic) bond motifs is 1. The summed E-state index contributed by atoms with van der Waals surface area (Å²) in [4.78, 5) is 12.5. The molecular formula is C23H19ClN2O4S. The van der Waals surface area contributed by atoms with Crippen molar-refractivity contribution in [1.82, 2.24) is 0 Å². The Balaban J connectivity index is 0.000000210. The second-order valence-corrected chi connectivity index (χ2v) is 8.58. The number of hydrogen-bond donors (Lipinski definition) is 1. The minimum Gasteiger partial charge on any atom is -0.744 e. The molecule has 0 spiro atoms. The lowest BCUT2D eigenvalue weighted by atomic mass is 10.0. The molecule has 2 N–H and O–H groups in total. The van der Waals surface area contributed by atoms with Crippen molar-refractivity contribution in [2.45, 2.75) is 11.8 Å². The summed E-state index contributed by atoms with van der Waals surface area (Å²) in [6.07, 6.45) is 1.69. The summed E-state index contributed by atoms with van der Waals surface area (Å²) in [5.74, 6) is 5.80.